The van der Waals surface area contributed by atoms with Crippen LogP contribution in [-0.4, -0.2) is 29.0 Å². The Morgan fingerprint density at radius 2 is 2.43 bits per heavy atom. The van der Waals surface area contributed by atoms with E-state index in [4.69, 9.17) is 5.11 Å². The van der Waals surface area contributed by atoms with Gasteiger partial charge in [-0.2, -0.15) is 11.8 Å². The summed E-state index contributed by atoms with van der Waals surface area (Å²) in [5.74, 6) is 1.80. The Morgan fingerprint density at radius 3 is 3.07 bits per heavy atom. The van der Waals surface area contributed by atoms with Crippen LogP contribution in [0.25, 0.3) is 0 Å². The van der Waals surface area contributed by atoms with Gasteiger partial charge in [-0.15, -0.1) is 0 Å². The number of pyridine rings is 1. The largest absolute Gasteiger partial charge is 0.395 e. The van der Waals surface area contributed by atoms with Crippen LogP contribution in [0, 0.1) is 0 Å². The molecule has 0 saturated heterocycles. The van der Waals surface area contributed by atoms with E-state index in [-0.39, 0.29) is 11.9 Å². The first kappa shape index (κ1) is 11.3. The van der Waals surface area contributed by atoms with Crippen molar-refractivity contribution in [2.24, 2.45) is 0 Å². The number of hydrogen-bond acceptors (Lipinski definition) is 4. The van der Waals surface area contributed by atoms with Crippen LogP contribution in [0.3, 0.4) is 0 Å². The first-order valence-electron chi connectivity index (χ1n) is 4.62. The summed E-state index contributed by atoms with van der Waals surface area (Å²) >= 11 is 1.73. The first-order chi connectivity index (χ1) is 6.77. The smallest absolute Gasteiger partial charge is 0.129 e. The molecule has 78 valence electrons. The van der Waals surface area contributed by atoms with Gasteiger partial charge in [-0.1, -0.05) is 13.0 Å². The van der Waals surface area contributed by atoms with Crippen molar-refractivity contribution in [3.63, 3.8) is 0 Å². The van der Waals surface area contributed by atoms with Crippen molar-refractivity contribution in [3.8, 4) is 0 Å². The van der Waals surface area contributed by atoms with Crippen molar-refractivity contribution in [2.75, 3.05) is 19.0 Å². The summed E-state index contributed by atoms with van der Waals surface area (Å²) < 4.78 is 0. The molecule has 0 aliphatic heterocycles. The molecule has 14 heavy (non-hydrogen) atoms. The number of rotatable bonds is 5. The zero-order chi connectivity index (χ0) is 10.4. The SMILES string of the molecule is CNc1ncccc1CSC(C)CO. The number of thioether (sulfide) groups is 1. The van der Waals surface area contributed by atoms with Gasteiger partial charge in [0.05, 0.1) is 6.61 Å². The topological polar surface area (TPSA) is 45.2 Å². The average Bonchev–Trinajstić information content (AvgIpc) is 2.26. The van der Waals surface area contributed by atoms with Crippen LogP contribution in [0.15, 0.2) is 18.3 Å². The zero-order valence-corrected chi connectivity index (χ0v) is 9.34. The molecule has 1 rings (SSSR count). The average molecular weight is 212 g/mol. The summed E-state index contributed by atoms with van der Waals surface area (Å²) in [5, 5.41) is 12.2. The minimum Gasteiger partial charge on any atom is -0.395 e. The number of aliphatic hydroxyl groups excluding tert-OH is 1. The molecule has 3 nitrogen and oxygen atoms in total. The molecular formula is C10H16N2OS. The molecule has 0 aliphatic carbocycles. The molecule has 2 N–H and O–H groups in total. The van der Waals surface area contributed by atoms with Crippen molar-refractivity contribution in [1.29, 1.82) is 0 Å². The van der Waals surface area contributed by atoms with Gasteiger partial charge in [0.15, 0.2) is 0 Å². The monoisotopic (exact) mass is 212 g/mol. The van der Waals surface area contributed by atoms with E-state index >= 15 is 0 Å². The molecule has 1 aromatic heterocycles. The van der Waals surface area contributed by atoms with Gasteiger partial charge in [-0.3, -0.25) is 0 Å². The summed E-state index contributed by atoms with van der Waals surface area (Å²) in [4.78, 5) is 4.21. The Hall–Kier alpha value is -0.740. The molecule has 0 spiro atoms. The predicted octanol–water partition coefficient (Wildman–Crippen LogP) is 1.74. The molecule has 1 heterocycles. The number of aromatic nitrogens is 1. The Kier molecular flexibility index (Phi) is 4.76. The summed E-state index contributed by atoms with van der Waals surface area (Å²) in [5.41, 5.74) is 1.18. The Morgan fingerprint density at radius 1 is 1.64 bits per heavy atom. The number of anilines is 1. The van der Waals surface area contributed by atoms with Gasteiger partial charge in [0.1, 0.15) is 5.82 Å². The van der Waals surface area contributed by atoms with Crippen molar-refractivity contribution in [3.05, 3.63) is 23.9 Å². The lowest BCUT2D eigenvalue weighted by Crippen LogP contribution is -2.04. The third kappa shape index (κ3) is 3.20. The fourth-order valence-corrected chi connectivity index (χ4v) is 1.87. The minimum absolute atomic E-state index is 0.222. The highest BCUT2D eigenvalue weighted by atomic mass is 32.2. The van der Waals surface area contributed by atoms with Crippen LogP contribution in [0.1, 0.15) is 12.5 Å². The molecule has 1 unspecified atom stereocenters. The van der Waals surface area contributed by atoms with Gasteiger partial charge in [-0.05, 0) is 6.07 Å². The molecule has 1 atom stereocenters. The van der Waals surface area contributed by atoms with Gasteiger partial charge in [0, 0.05) is 29.8 Å². The number of hydrogen-bond donors (Lipinski definition) is 2. The number of nitrogens with one attached hydrogen (secondary N) is 1. The molecule has 0 saturated carbocycles. The predicted molar refractivity (Wildman–Crippen MR) is 61.6 cm³/mol. The maximum atomic E-state index is 8.89. The van der Waals surface area contributed by atoms with E-state index in [9.17, 15) is 0 Å². The van der Waals surface area contributed by atoms with Crippen LogP contribution in [0.4, 0.5) is 5.82 Å². The normalized spacial score (nSPS) is 12.5. The van der Waals surface area contributed by atoms with Crippen LogP contribution in [-0.2, 0) is 5.75 Å². The quantitative estimate of drug-likeness (QED) is 0.780. The molecule has 0 radical (unpaired) electrons. The fourth-order valence-electron chi connectivity index (χ4n) is 1.06. The third-order valence-electron chi connectivity index (χ3n) is 1.91. The molecule has 0 fully saturated rings. The van der Waals surface area contributed by atoms with E-state index in [0.717, 1.165) is 11.6 Å². The summed E-state index contributed by atoms with van der Waals surface area (Å²) in [6.07, 6.45) is 1.77. The zero-order valence-electron chi connectivity index (χ0n) is 8.53. The van der Waals surface area contributed by atoms with Gasteiger partial charge < -0.3 is 10.4 Å². The number of nitrogens with zero attached hydrogens (tertiary/aromatic N) is 1. The van der Waals surface area contributed by atoms with Gasteiger partial charge in [-0.25, -0.2) is 4.98 Å². The second-order valence-corrected chi connectivity index (χ2v) is 4.49. The van der Waals surface area contributed by atoms with Gasteiger partial charge >= 0.3 is 0 Å². The molecule has 4 heteroatoms. The van der Waals surface area contributed by atoms with Crippen molar-refractivity contribution in [2.45, 2.75) is 17.9 Å². The van der Waals surface area contributed by atoms with Crippen molar-refractivity contribution < 1.29 is 5.11 Å². The van der Waals surface area contributed by atoms with Gasteiger partial charge in [0.25, 0.3) is 0 Å². The minimum atomic E-state index is 0.222. The van der Waals surface area contributed by atoms with E-state index < -0.39 is 0 Å². The first-order valence-corrected chi connectivity index (χ1v) is 5.67. The van der Waals surface area contributed by atoms with Crippen LogP contribution in [0.2, 0.25) is 0 Å². The second kappa shape index (κ2) is 5.88. The lowest BCUT2D eigenvalue weighted by Gasteiger charge is -2.10. The number of aliphatic hydroxyl groups is 1. The van der Waals surface area contributed by atoms with E-state index in [0.29, 0.717) is 0 Å². The van der Waals surface area contributed by atoms with E-state index in [1.807, 2.05) is 20.0 Å². The standard InChI is InChI=1S/C10H16N2OS/c1-8(6-13)14-7-9-4-3-5-12-10(9)11-2/h3-5,8,13H,6-7H2,1-2H3,(H,11,12). The fraction of sp³-hybridized carbons (Fsp3) is 0.500. The lowest BCUT2D eigenvalue weighted by atomic mass is 10.3. The third-order valence-corrected chi connectivity index (χ3v) is 3.10. The molecule has 0 aromatic carbocycles. The molecule has 0 bridgehead atoms. The van der Waals surface area contributed by atoms with Gasteiger partial charge in [0.2, 0.25) is 0 Å². The van der Waals surface area contributed by atoms with Crippen LogP contribution >= 0.6 is 11.8 Å². The molecule has 1 aromatic rings. The summed E-state index contributed by atoms with van der Waals surface area (Å²) in [7, 11) is 1.87. The van der Waals surface area contributed by atoms with E-state index in [2.05, 4.69) is 16.4 Å². The highest BCUT2D eigenvalue weighted by Crippen LogP contribution is 2.21. The Labute approximate surface area is 88.9 Å². The van der Waals surface area contributed by atoms with Crippen molar-refractivity contribution in [1.82, 2.24) is 4.98 Å². The van der Waals surface area contributed by atoms with Crippen LogP contribution in [0.5, 0.6) is 0 Å². The maximum Gasteiger partial charge on any atom is 0.129 e. The lowest BCUT2D eigenvalue weighted by molar-refractivity contribution is 0.300. The highest BCUT2D eigenvalue weighted by molar-refractivity contribution is 7.99. The maximum absolute atomic E-state index is 8.89. The van der Waals surface area contributed by atoms with Crippen molar-refractivity contribution >= 4 is 17.6 Å². The highest BCUT2D eigenvalue weighted by Gasteiger charge is 2.04. The second-order valence-electron chi connectivity index (χ2n) is 3.07. The summed E-state index contributed by atoms with van der Waals surface area (Å²) in [6, 6.07) is 3.98. The Bertz CT molecular complexity index is 281. The molecule has 0 amide bonds. The summed E-state index contributed by atoms with van der Waals surface area (Å²) in [6.45, 7) is 2.24. The molecular weight excluding hydrogens is 196 g/mol. The molecule has 0 aliphatic rings. The van der Waals surface area contributed by atoms with E-state index in [1.54, 1.807) is 18.0 Å². The Balaban J connectivity index is 2.57. The van der Waals surface area contributed by atoms with E-state index in [1.165, 1.54) is 5.56 Å². The van der Waals surface area contributed by atoms with Crippen LogP contribution < -0.4 is 5.32 Å².